The van der Waals surface area contributed by atoms with E-state index in [1.54, 1.807) is 6.07 Å². The molecular formula is C23H20Cl2F2N2. The van der Waals surface area contributed by atoms with Crippen LogP contribution in [0.2, 0.25) is 10.0 Å². The lowest BCUT2D eigenvalue weighted by Crippen LogP contribution is -2.48. The lowest BCUT2D eigenvalue weighted by molar-refractivity contribution is 0.215. The summed E-state index contributed by atoms with van der Waals surface area (Å²) in [6, 6.07) is 19.9. The zero-order chi connectivity index (χ0) is 20.4. The molecule has 1 aliphatic heterocycles. The fourth-order valence-electron chi connectivity index (χ4n) is 3.79. The Bertz CT molecular complexity index is 977. The van der Waals surface area contributed by atoms with Crippen LogP contribution in [0.25, 0.3) is 0 Å². The van der Waals surface area contributed by atoms with Gasteiger partial charge in [0.05, 0.1) is 6.04 Å². The molecule has 150 valence electrons. The molecule has 0 bridgehead atoms. The Morgan fingerprint density at radius 1 is 0.793 bits per heavy atom. The summed E-state index contributed by atoms with van der Waals surface area (Å²) in [6.07, 6.45) is 0. The van der Waals surface area contributed by atoms with Gasteiger partial charge in [-0.1, -0.05) is 41.4 Å². The van der Waals surface area contributed by atoms with Crippen LogP contribution in [0.3, 0.4) is 0 Å². The van der Waals surface area contributed by atoms with Crippen LogP contribution in [-0.2, 0) is 6.54 Å². The Labute approximate surface area is 179 Å². The normalized spacial score (nSPS) is 17.5. The van der Waals surface area contributed by atoms with Gasteiger partial charge in [0.1, 0.15) is 0 Å². The fraction of sp³-hybridized carbons (Fsp3) is 0.217. The summed E-state index contributed by atoms with van der Waals surface area (Å²) in [5, 5.41) is 1.40. The van der Waals surface area contributed by atoms with Gasteiger partial charge in [0.2, 0.25) is 0 Å². The zero-order valence-corrected chi connectivity index (χ0v) is 17.2. The van der Waals surface area contributed by atoms with Gasteiger partial charge in [-0.25, -0.2) is 8.78 Å². The van der Waals surface area contributed by atoms with Crippen LogP contribution in [-0.4, -0.2) is 24.5 Å². The van der Waals surface area contributed by atoms with Crippen LogP contribution in [0.4, 0.5) is 14.5 Å². The molecule has 2 nitrogen and oxygen atoms in total. The molecule has 29 heavy (non-hydrogen) atoms. The van der Waals surface area contributed by atoms with Crippen molar-refractivity contribution in [3.8, 4) is 0 Å². The summed E-state index contributed by atoms with van der Waals surface area (Å²) in [6.45, 7) is 2.93. The van der Waals surface area contributed by atoms with E-state index in [1.807, 2.05) is 48.5 Å². The highest BCUT2D eigenvalue weighted by atomic mass is 35.5. The second-order valence-electron chi connectivity index (χ2n) is 7.22. The maximum atomic E-state index is 13.6. The quantitative estimate of drug-likeness (QED) is 0.474. The van der Waals surface area contributed by atoms with Crippen LogP contribution in [0.5, 0.6) is 0 Å². The van der Waals surface area contributed by atoms with Crippen molar-refractivity contribution in [2.75, 3.05) is 24.5 Å². The smallest absolute Gasteiger partial charge is 0.159 e. The Kier molecular flexibility index (Phi) is 6.04. The second-order valence-corrected chi connectivity index (χ2v) is 8.09. The minimum atomic E-state index is -0.819. The number of anilines is 1. The Morgan fingerprint density at radius 2 is 1.45 bits per heavy atom. The van der Waals surface area contributed by atoms with Crippen molar-refractivity contribution in [1.82, 2.24) is 4.90 Å². The fourth-order valence-corrected chi connectivity index (χ4v) is 4.04. The van der Waals surface area contributed by atoms with E-state index >= 15 is 0 Å². The minimum Gasteiger partial charge on any atom is -0.362 e. The number of halogens is 4. The molecule has 0 aliphatic carbocycles. The second kappa shape index (κ2) is 8.70. The van der Waals surface area contributed by atoms with Crippen molar-refractivity contribution in [3.63, 3.8) is 0 Å². The SMILES string of the molecule is Fc1ccc(CN2CCN(c3ccc(Cl)cc3)C(c3ccc(Cl)cc3)C2)cc1F. The average Bonchev–Trinajstić information content (AvgIpc) is 2.72. The lowest BCUT2D eigenvalue weighted by atomic mass is 10.0. The van der Waals surface area contributed by atoms with Crippen LogP contribution in [0.1, 0.15) is 17.2 Å². The van der Waals surface area contributed by atoms with Gasteiger partial charge in [-0.2, -0.15) is 0 Å². The molecule has 0 aromatic heterocycles. The van der Waals surface area contributed by atoms with E-state index in [-0.39, 0.29) is 6.04 Å². The Balaban J connectivity index is 1.59. The number of piperazine rings is 1. The predicted octanol–water partition coefficient (Wildman–Crippen LogP) is 6.34. The first kappa shape index (κ1) is 20.1. The van der Waals surface area contributed by atoms with Crippen molar-refractivity contribution in [1.29, 1.82) is 0 Å². The van der Waals surface area contributed by atoms with Gasteiger partial charge in [0, 0.05) is 41.9 Å². The molecule has 3 aromatic rings. The Hall–Kier alpha value is -2.14. The van der Waals surface area contributed by atoms with Crippen molar-refractivity contribution in [2.24, 2.45) is 0 Å². The molecule has 3 aromatic carbocycles. The molecule has 1 heterocycles. The molecule has 1 unspecified atom stereocenters. The number of hydrogen-bond acceptors (Lipinski definition) is 2. The highest BCUT2D eigenvalue weighted by Crippen LogP contribution is 2.32. The summed E-state index contributed by atoms with van der Waals surface area (Å²) >= 11 is 12.1. The molecular weight excluding hydrogens is 413 g/mol. The van der Waals surface area contributed by atoms with Crippen molar-refractivity contribution in [2.45, 2.75) is 12.6 Å². The molecule has 0 saturated carbocycles. The minimum absolute atomic E-state index is 0.104. The van der Waals surface area contributed by atoms with Crippen LogP contribution < -0.4 is 4.90 Å². The van der Waals surface area contributed by atoms with E-state index in [9.17, 15) is 8.78 Å². The molecule has 1 atom stereocenters. The molecule has 1 aliphatic rings. The third-order valence-electron chi connectivity index (χ3n) is 5.27. The summed E-state index contributed by atoms with van der Waals surface area (Å²) in [5.74, 6) is -1.63. The van der Waals surface area contributed by atoms with E-state index in [0.29, 0.717) is 16.6 Å². The summed E-state index contributed by atoms with van der Waals surface area (Å²) in [7, 11) is 0. The molecule has 0 radical (unpaired) electrons. The first-order valence-corrected chi connectivity index (χ1v) is 10.2. The molecule has 0 amide bonds. The number of rotatable bonds is 4. The van der Waals surface area contributed by atoms with Gasteiger partial charge in [0.25, 0.3) is 0 Å². The topological polar surface area (TPSA) is 6.48 Å². The standard InChI is InChI=1S/C23H20Cl2F2N2/c24-18-4-2-17(3-5-18)23-15-28(14-16-1-10-21(26)22(27)13-16)11-12-29(23)20-8-6-19(25)7-9-20/h1-10,13,23H,11-12,14-15H2. The van der Waals surface area contributed by atoms with E-state index in [1.165, 1.54) is 12.1 Å². The number of nitrogens with zero attached hydrogens (tertiary/aromatic N) is 2. The largest absolute Gasteiger partial charge is 0.362 e. The first-order valence-electron chi connectivity index (χ1n) is 9.43. The third kappa shape index (κ3) is 4.72. The van der Waals surface area contributed by atoms with E-state index in [4.69, 9.17) is 23.2 Å². The Morgan fingerprint density at radius 3 is 2.10 bits per heavy atom. The predicted molar refractivity (Wildman–Crippen MR) is 115 cm³/mol. The van der Waals surface area contributed by atoms with Crippen molar-refractivity contribution >= 4 is 28.9 Å². The highest BCUT2D eigenvalue weighted by molar-refractivity contribution is 6.30. The number of benzene rings is 3. The lowest BCUT2D eigenvalue weighted by Gasteiger charge is -2.43. The van der Waals surface area contributed by atoms with Crippen LogP contribution in [0.15, 0.2) is 66.7 Å². The summed E-state index contributed by atoms with van der Waals surface area (Å²) in [4.78, 5) is 4.61. The van der Waals surface area contributed by atoms with Gasteiger partial charge in [-0.15, -0.1) is 0 Å². The average molecular weight is 433 g/mol. The van der Waals surface area contributed by atoms with Crippen LogP contribution >= 0.6 is 23.2 Å². The third-order valence-corrected chi connectivity index (χ3v) is 5.77. The summed E-state index contributed by atoms with van der Waals surface area (Å²) in [5.41, 5.74) is 3.01. The zero-order valence-electron chi connectivity index (χ0n) is 15.7. The maximum absolute atomic E-state index is 13.6. The van der Waals surface area contributed by atoms with E-state index < -0.39 is 11.6 Å². The molecule has 6 heteroatoms. The van der Waals surface area contributed by atoms with Gasteiger partial charge in [-0.3, -0.25) is 4.90 Å². The molecule has 4 rings (SSSR count). The van der Waals surface area contributed by atoms with Crippen molar-refractivity contribution in [3.05, 3.63) is 99.5 Å². The van der Waals surface area contributed by atoms with Gasteiger partial charge in [-0.05, 0) is 59.7 Å². The van der Waals surface area contributed by atoms with E-state index in [0.717, 1.165) is 36.4 Å². The maximum Gasteiger partial charge on any atom is 0.159 e. The molecule has 1 saturated heterocycles. The van der Waals surface area contributed by atoms with Crippen molar-refractivity contribution < 1.29 is 8.78 Å². The van der Waals surface area contributed by atoms with E-state index in [2.05, 4.69) is 9.80 Å². The number of hydrogen-bond donors (Lipinski definition) is 0. The summed E-state index contributed by atoms with van der Waals surface area (Å²) < 4.78 is 26.8. The molecule has 1 fully saturated rings. The monoisotopic (exact) mass is 432 g/mol. The van der Waals surface area contributed by atoms with Gasteiger partial charge < -0.3 is 4.90 Å². The van der Waals surface area contributed by atoms with Crippen LogP contribution in [0, 0.1) is 11.6 Å². The van der Waals surface area contributed by atoms with Gasteiger partial charge >= 0.3 is 0 Å². The van der Waals surface area contributed by atoms with Gasteiger partial charge in [0.15, 0.2) is 11.6 Å². The molecule has 0 N–H and O–H groups in total. The molecule has 0 spiro atoms. The first-order chi connectivity index (χ1) is 14.0. The highest BCUT2D eigenvalue weighted by Gasteiger charge is 2.28.